The van der Waals surface area contributed by atoms with Gasteiger partial charge in [-0.1, -0.05) is 19.1 Å². The summed E-state index contributed by atoms with van der Waals surface area (Å²) < 4.78 is 6.26. The van der Waals surface area contributed by atoms with Gasteiger partial charge in [-0.25, -0.2) is 4.79 Å². The summed E-state index contributed by atoms with van der Waals surface area (Å²) in [7, 11) is 0. The van der Waals surface area contributed by atoms with Crippen molar-refractivity contribution in [2.24, 2.45) is 23.2 Å². The van der Waals surface area contributed by atoms with Gasteiger partial charge in [0.05, 0.1) is 5.57 Å². The second kappa shape index (κ2) is 7.67. The Bertz CT molecular complexity index is 977. The van der Waals surface area contributed by atoms with E-state index in [4.69, 9.17) is 4.74 Å². The maximum Gasteiger partial charge on any atom is 0.336 e. The molecule has 0 saturated heterocycles. The lowest BCUT2D eigenvalue weighted by molar-refractivity contribution is -0.153. The minimum atomic E-state index is -0.103. The minimum Gasteiger partial charge on any atom is -0.508 e. The highest BCUT2D eigenvalue weighted by atomic mass is 16.5. The van der Waals surface area contributed by atoms with Gasteiger partial charge in [0.2, 0.25) is 0 Å². The van der Waals surface area contributed by atoms with E-state index in [1.807, 2.05) is 18.3 Å². The van der Waals surface area contributed by atoms with Crippen molar-refractivity contribution in [1.82, 2.24) is 4.90 Å². The maximum absolute atomic E-state index is 13.1. The Morgan fingerprint density at radius 1 is 1.19 bits per heavy atom. The quantitative estimate of drug-likeness (QED) is 0.621. The summed E-state index contributed by atoms with van der Waals surface area (Å²) in [5, 5.41) is 9.90. The van der Waals surface area contributed by atoms with Gasteiger partial charge in [0.1, 0.15) is 11.9 Å². The average Bonchev–Trinajstić information content (AvgIpc) is 3.54. The smallest absolute Gasteiger partial charge is 0.336 e. The lowest BCUT2D eigenvalue weighted by Gasteiger charge is -2.50. The van der Waals surface area contributed by atoms with Crippen molar-refractivity contribution in [3.8, 4) is 5.75 Å². The molecule has 6 rings (SSSR count). The van der Waals surface area contributed by atoms with Crippen LogP contribution in [-0.2, 0) is 16.0 Å². The SMILES string of the molecule is C[C@]12CC[C@@H]3c4ccc(O)cc4CC[C@H]3[C@@H]1CC[C@@H]2OC(=O)C1=CN(CC2CC2)C=CC1. The number of ether oxygens (including phenoxy) is 1. The zero-order valence-electron chi connectivity index (χ0n) is 19.1. The summed E-state index contributed by atoms with van der Waals surface area (Å²) in [4.78, 5) is 15.3. The maximum atomic E-state index is 13.1. The number of aromatic hydroxyl groups is 1. The first-order valence-corrected chi connectivity index (χ1v) is 12.7. The number of nitrogens with zero attached hydrogens (tertiary/aromatic N) is 1. The Morgan fingerprint density at radius 2 is 2.06 bits per heavy atom. The zero-order valence-corrected chi connectivity index (χ0v) is 19.1. The van der Waals surface area contributed by atoms with Crippen LogP contribution in [0.1, 0.15) is 75.3 Å². The highest BCUT2D eigenvalue weighted by Crippen LogP contribution is 2.61. The van der Waals surface area contributed by atoms with Crippen molar-refractivity contribution in [3.05, 3.63) is 53.4 Å². The second-order valence-electron chi connectivity index (χ2n) is 11.2. The number of hydrogen-bond donors (Lipinski definition) is 1. The standard InChI is InChI=1S/C28H35NO3/c1-28-13-12-23-22-9-7-21(30)15-19(22)6-8-24(23)25(28)10-11-26(28)32-27(31)20-3-2-14-29(17-20)16-18-4-5-18/h2,7,9,14-15,17-18,23-26,30H,3-6,8,10-13,16H2,1H3/t23-,24-,25+,26+,28+/m1/s1. The molecule has 0 bridgehead atoms. The van der Waals surface area contributed by atoms with E-state index in [1.54, 1.807) is 0 Å². The normalized spacial score (nSPS) is 35.5. The second-order valence-corrected chi connectivity index (χ2v) is 11.2. The van der Waals surface area contributed by atoms with Gasteiger partial charge in [-0.05, 0) is 104 Å². The molecule has 4 heteroatoms. The van der Waals surface area contributed by atoms with Crippen LogP contribution < -0.4 is 0 Å². The Labute approximate surface area is 191 Å². The number of fused-ring (bicyclic) bond motifs is 5. The molecule has 32 heavy (non-hydrogen) atoms. The van der Waals surface area contributed by atoms with E-state index in [0.29, 0.717) is 29.9 Å². The third kappa shape index (κ3) is 3.47. The molecule has 4 nitrogen and oxygen atoms in total. The number of allylic oxidation sites excluding steroid dienone is 1. The lowest BCUT2D eigenvalue weighted by atomic mass is 9.55. The molecule has 1 aliphatic heterocycles. The molecule has 0 spiro atoms. The topological polar surface area (TPSA) is 49.8 Å². The summed E-state index contributed by atoms with van der Waals surface area (Å²) in [6, 6.07) is 5.98. The van der Waals surface area contributed by atoms with Crippen LogP contribution in [0.3, 0.4) is 0 Å². The van der Waals surface area contributed by atoms with Crippen LogP contribution in [0.5, 0.6) is 5.75 Å². The van der Waals surface area contributed by atoms with Crippen LogP contribution in [0.2, 0.25) is 0 Å². The van der Waals surface area contributed by atoms with E-state index >= 15 is 0 Å². The number of benzene rings is 1. The monoisotopic (exact) mass is 433 g/mol. The van der Waals surface area contributed by atoms with Gasteiger partial charge in [0.15, 0.2) is 0 Å². The Hall–Kier alpha value is -2.23. The molecule has 1 heterocycles. The molecule has 0 aromatic heterocycles. The fourth-order valence-electron chi connectivity index (χ4n) is 7.38. The molecular formula is C28H35NO3. The number of carbonyl (C=O) groups excluding carboxylic acids is 1. The Balaban J connectivity index is 1.16. The van der Waals surface area contributed by atoms with Gasteiger partial charge in [0.25, 0.3) is 0 Å². The van der Waals surface area contributed by atoms with Crippen LogP contribution in [0.15, 0.2) is 42.2 Å². The van der Waals surface area contributed by atoms with Gasteiger partial charge >= 0.3 is 5.97 Å². The van der Waals surface area contributed by atoms with E-state index in [-0.39, 0.29) is 17.5 Å². The number of rotatable bonds is 4. The fourth-order valence-corrected chi connectivity index (χ4v) is 7.38. The molecule has 4 aliphatic carbocycles. The van der Waals surface area contributed by atoms with Crippen molar-refractivity contribution < 1.29 is 14.6 Å². The number of aryl methyl sites for hydroxylation is 1. The van der Waals surface area contributed by atoms with E-state index in [9.17, 15) is 9.90 Å². The molecule has 0 radical (unpaired) electrons. The number of esters is 1. The van der Waals surface area contributed by atoms with Crippen LogP contribution >= 0.6 is 0 Å². The van der Waals surface area contributed by atoms with Crippen LogP contribution in [0.4, 0.5) is 0 Å². The largest absolute Gasteiger partial charge is 0.508 e. The summed E-state index contributed by atoms with van der Waals surface area (Å²) in [6.45, 7) is 3.42. The first-order valence-electron chi connectivity index (χ1n) is 12.7. The summed E-state index contributed by atoms with van der Waals surface area (Å²) in [5.74, 6) is 2.95. The molecule has 0 unspecified atom stereocenters. The molecule has 170 valence electrons. The first kappa shape index (κ1) is 20.4. The van der Waals surface area contributed by atoms with Gasteiger partial charge in [0, 0.05) is 24.6 Å². The zero-order chi connectivity index (χ0) is 21.9. The van der Waals surface area contributed by atoms with Crippen LogP contribution in [0, 0.1) is 23.2 Å². The van der Waals surface area contributed by atoms with Crippen molar-refractivity contribution in [2.75, 3.05) is 6.54 Å². The van der Waals surface area contributed by atoms with Crippen molar-refractivity contribution >= 4 is 5.97 Å². The molecular weight excluding hydrogens is 398 g/mol. The van der Waals surface area contributed by atoms with Gasteiger partial charge in [-0.3, -0.25) is 0 Å². The summed E-state index contributed by atoms with van der Waals surface area (Å²) in [6.07, 6.45) is 16.3. The van der Waals surface area contributed by atoms with Crippen molar-refractivity contribution in [3.63, 3.8) is 0 Å². The molecule has 1 aromatic carbocycles. The highest BCUT2D eigenvalue weighted by Gasteiger charge is 2.56. The molecule has 1 aromatic rings. The van der Waals surface area contributed by atoms with Gasteiger partial charge in [-0.15, -0.1) is 0 Å². The Kier molecular flexibility index (Phi) is 4.89. The first-order chi connectivity index (χ1) is 15.5. The minimum absolute atomic E-state index is 0.0332. The fraction of sp³-hybridized carbons (Fsp3) is 0.607. The molecule has 5 aliphatic rings. The summed E-state index contributed by atoms with van der Waals surface area (Å²) >= 11 is 0. The predicted molar refractivity (Wildman–Crippen MR) is 124 cm³/mol. The van der Waals surface area contributed by atoms with Gasteiger partial charge < -0.3 is 14.7 Å². The van der Waals surface area contributed by atoms with E-state index in [1.165, 1.54) is 30.4 Å². The molecule has 3 fully saturated rings. The van der Waals surface area contributed by atoms with E-state index < -0.39 is 0 Å². The third-order valence-electron chi connectivity index (χ3n) is 9.26. The number of phenols is 1. The molecule has 1 N–H and O–H groups in total. The van der Waals surface area contributed by atoms with Crippen molar-refractivity contribution in [2.45, 2.75) is 76.7 Å². The van der Waals surface area contributed by atoms with E-state index in [2.05, 4.69) is 30.2 Å². The van der Waals surface area contributed by atoms with Crippen LogP contribution in [0.25, 0.3) is 0 Å². The molecule has 5 atom stereocenters. The summed E-state index contributed by atoms with van der Waals surface area (Å²) in [5.41, 5.74) is 3.69. The van der Waals surface area contributed by atoms with E-state index in [0.717, 1.165) is 50.1 Å². The molecule has 0 amide bonds. The van der Waals surface area contributed by atoms with Crippen LogP contribution in [-0.4, -0.2) is 28.6 Å². The molecule has 3 saturated carbocycles. The number of carbonyl (C=O) groups is 1. The number of phenolic OH excluding ortho intramolecular Hbond substituents is 1. The highest BCUT2D eigenvalue weighted by molar-refractivity contribution is 5.89. The average molecular weight is 434 g/mol. The van der Waals surface area contributed by atoms with Gasteiger partial charge in [-0.2, -0.15) is 0 Å². The lowest BCUT2D eigenvalue weighted by Crippen LogP contribution is -2.45. The Morgan fingerprint density at radius 3 is 2.91 bits per heavy atom. The third-order valence-corrected chi connectivity index (χ3v) is 9.26. The predicted octanol–water partition coefficient (Wildman–Crippen LogP) is 5.67. The number of hydrogen-bond acceptors (Lipinski definition) is 4. The van der Waals surface area contributed by atoms with Crippen molar-refractivity contribution in [1.29, 1.82) is 0 Å².